The van der Waals surface area contributed by atoms with Gasteiger partial charge in [-0.3, -0.25) is 4.79 Å². The number of halogens is 3. The summed E-state index contributed by atoms with van der Waals surface area (Å²) in [4.78, 5) is 12.0. The van der Waals surface area contributed by atoms with E-state index in [1.165, 1.54) is 12.1 Å². The Hall–Kier alpha value is -1.84. The van der Waals surface area contributed by atoms with Gasteiger partial charge in [0, 0.05) is 16.2 Å². The predicted octanol–water partition coefficient (Wildman–Crippen LogP) is 4.63. The van der Waals surface area contributed by atoms with Crippen molar-refractivity contribution in [1.29, 1.82) is 0 Å². The van der Waals surface area contributed by atoms with Crippen molar-refractivity contribution in [2.75, 3.05) is 5.32 Å². The van der Waals surface area contributed by atoms with E-state index >= 15 is 0 Å². The Morgan fingerprint density at radius 2 is 1.95 bits per heavy atom. The first-order valence-electron chi connectivity index (χ1n) is 5.82. The van der Waals surface area contributed by atoms with Gasteiger partial charge >= 0.3 is 0 Å². The second-order valence-electron chi connectivity index (χ2n) is 4.38. The van der Waals surface area contributed by atoms with Crippen molar-refractivity contribution in [2.24, 2.45) is 0 Å². The van der Waals surface area contributed by atoms with Crippen LogP contribution in [0.5, 0.6) is 0 Å². The lowest BCUT2D eigenvalue weighted by molar-refractivity contribution is -0.110. The number of benzene rings is 2. The van der Waals surface area contributed by atoms with Crippen LogP contribution in [-0.4, -0.2) is 5.91 Å². The number of nitrogens with one attached hydrogen (secondary N) is 1. The normalized spacial score (nSPS) is 15.3. The number of carbonyl (C=O) groups is 1. The second-order valence-corrected chi connectivity index (χ2v) is 5.22. The monoisotopic (exact) mass is 307 g/mol. The van der Waals surface area contributed by atoms with Crippen LogP contribution in [0.15, 0.2) is 36.4 Å². The zero-order chi connectivity index (χ0) is 14.3. The van der Waals surface area contributed by atoms with Crippen LogP contribution >= 0.6 is 23.2 Å². The smallest absolute Gasteiger partial charge is 0.256 e. The minimum atomic E-state index is -0.557. The minimum Gasteiger partial charge on any atom is -0.321 e. The average Bonchev–Trinajstić information content (AvgIpc) is 2.67. The standard InChI is InChI=1S/C15H8Cl2FNO/c16-9-3-1-2-8(4-9)5-11-10-6-13(18)12(17)7-14(10)19-15(11)20/h1-7H,(H,19,20)/b11-5-. The quantitative estimate of drug-likeness (QED) is 0.765. The van der Waals surface area contributed by atoms with E-state index in [4.69, 9.17) is 23.2 Å². The molecule has 0 aromatic heterocycles. The Kier molecular flexibility index (Phi) is 3.24. The molecule has 0 radical (unpaired) electrons. The van der Waals surface area contributed by atoms with Crippen molar-refractivity contribution in [3.8, 4) is 0 Å². The molecule has 2 nitrogen and oxygen atoms in total. The molecule has 1 amide bonds. The lowest BCUT2D eigenvalue weighted by atomic mass is 10.0. The third-order valence-corrected chi connectivity index (χ3v) is 3.53. The molecule has 2 aromatic rings. The summed E-state index contributed by atoms with van der Waals surface area (Å²) in [6.07, 6.45) is 1.67. The number of carbonyl (C=O) groups excluding carboxylic acids is 1. The molecule has 0 saturated heterocycles. The molecule has 0 atom stereocenters. The first-order chi connectivity index (χ1) is 9.54. The van der Waals surface area contributed by atoms with Gasteiger partial charge in [-0.05, 0) is 35.9 Å². The summed E-state index contributed by atoms with van der Waals surface area (Å²) >= 11 is 11.6. The van der Waals surface area contributed by atoms with Crippen LogP contribution in [0.25, 0.3) is 11.6 Å². The van der Waals surface area contributed by atoms with Crippen LogP contribution < -0.4 is 5.32 Å². The number of hydrogen-bond donors (Lipinski definition) is 1. The first kappa shape index (κ1) is 13.2. The summed E-state index contributed by atoms with van der Waals surface area (Å²) < 4.78 is 13.6. The third-order valence-electron chi connectivity index (χ3n) is 3.00. The van der Waals surface area contributed by atoms with Crippen LogP contribution in [0.1, 0.15) is 11.1 Å². The van der Waals surface area contributed by atoms with E-state index in [1.54, 1.807) is 24.3 Å². The Bertz CT molecular complexity index is 756. The first-order valence-corrected chi connectivity index (χ1v) is 6.58. The van der Waals surface area contributed by atoms with Crippen molar-refractivity contribution < 1.29 is 9.18 Å². The van der Waals surface area contributed by atoms with Crippen molar-refractivity contribution in [1.82, 2.24) is 0 Å². The molecule has 1 aliphatic heterocycles. The molecule has 100 valence electrons. The topological polar surface area (TPSA) is 29.1 Å². The average molecular weight is 308 g/mol. The van der Waals surface area contributed by atoms with Gasteiger partial charge in [0.25, 0.3) is 5.91 Å². The largest absolute Gasteiger partial charge is 0.321 e. The van der Waals surface area contributed by atoms with E-state index in [2.05, 4.69) is 5.32 Å². The van der Waals surface area contributed by atoms with Gasteiger partial charge in [-0.1, -0.05) is 35.3 Å². The zero-order valence-electron chi connectivity index (χ0n) is 10.1. The summed E-state index contributed by atoms with van der Waals surface area (Å²) in [5.74, 6) is -0.847. The van der Waals surface area contributed by atoms with Gasteiger partial charge in [0.05, 0.1) is 10.7 Å². The second kappa shape index (κ2) is 4.93. The molecule has 20 heavy (non-hydrogen) atoms. The molecule has 0 aliphatic carbocycles. The van der Waals surface area contributed by atoms with Gasteiger partial charge in [-0.2, -0.15) is 0 Å². The minimum absolute atomic E-state index is 0.0203. The molecule has 5 heteroatoms. The molecule has 2 aromatic carbocycles. The van der Waals surface area contributed by atoms with E-state index in [-0.39, 0.29) is 10.9 Å². The van der Waals surface area contributed by atoms with E-state index in [0.717, 1.165) is 5.56 Å². The zero-order valence-corrected chi connectivity index (χ0v) is 11.6. The molecule has 3 rings (SSSR count). The summed E-state index contributed by atoms with van der Waals surface area (Å²) in [5.41, 5.74) is 2.16. The number of hydrogen-bond acceptors (Lipinski definition) is 1. The van der Waals surface area contributed by atoms with E-state index in [0.29, 0.717) is 21.8 Å². The van der Waals surface area contributed by atoms with Gasteiger partial charge in [-0.25, -0.2) is 4.39 Å². The number of anilines is 1. The molecule has 1 heterocycles. The highest BCUT2D eigenvalue weighted by Gasteiger charge is 2.25. The van der Waals surface area contributed by atoms with Crippen LogP contribution in [-0.2, 0) is 4.79 Å². The molecule has 0 unspecified atom stereocenters. The number of rotatable bonds is 1. The summed E-state index contributed by atoms with van der Waals surface area (Å²) in [6, 6.07) is 9.73. The molecule has 0 fully saturated rings. The number of fused-ring (bicyclic) bond motifs is 1. The van der Waals surface area contributed by atoms with Crippen molar-refractivity contribution in [2.45, 2.75) is 0 Å². The summed E-state index contributed by atoms with van der Waals surface area (Å²) in [6.45, 7) is 0. The highest BCUT2D eigenvalue weighted by molar-refractivity contribution is 6.36. The Morgan fingerprint density at radius 1 is 1.15 bits per heavy atom. The highest BCUT2D eigenvalue weighted by atomic mass is 35.5. The maximum atomic E-state index is 13.6. The fraction of sp³-hybridized carbons (Fsp3) is 0. The lowest BCUT2D eigenvalue weighted by Crippen LogP contribution is -2.03. The van der Waals surface area contributed by atoms with E-state index in [1.807, 2.05) is 6.07 Å². The SMILES string of the molecule is O=C1Nc2cc(Cl)c(F)cc2/C1=C/c1cccc(Cl)c1. The van der Waals surface area contributed by atoms with Crippen molar-refractivity contribution in [3.63, 3.8) is 0 Å². The summed E-state index contributed by atoms with van der Waals surface area (Å²) in [7, 11) is 0. The highest BCUT2D eigenvalue weighted by Crippen LogP contribution is 2.36. The van der Waals surface area contributed by atoms with Crippen LogP contribution in [0.2, 0.25) is 10.0 Å². The van der Waals surface area contributed by atoms with Gasteiger partial charge in [0.1, 0.15) is 5.82 Å². The van der Waals surface area contributed by atoms with Gasteiger partial charge < -0.3 is 5.32 Å². The van der Waals surface area contributed by atoms with Crippen LogP contribution in [0, 0.1) is 5.82 Å². The molecular formula is C15H8Cl2FNO. The fourth-order valence-electron chi connectivity index (χ4n) is 2.09. The Balaban J connectivity index is 2.12. The third kappa shape index (κ3) is 2.30. The lowest BCUT2D eigenvalue weighted by Gasteiger charge is -2.01. The van der Waals surface area contributed by atoms with Crippen LogP contribution in [0.4, 0.5) is 10.1 Å². The van der Waals surface area contributed by atoms with Gasteiger partial charge in [0.15, 0.2) is 0 Å². The predicted molar refractivity (Wildman–Crippen MR) is 79.4 cm³/mol. The molecule has 0 spiro atoms. The summed E-state index contributed by atoms with van der Waals surface area (Å²) in [5, 5.41) is 3.21. The molecule has 0 saturated carbocycles. The Labute approximate surface area is 124 Å². The maximum absolute atomic E-state index is 13.6. The van der Waals surface area contributed by atoms with E-state index in [9.17, 15) is 9.18 Å². The van der Waals surface area contributed by atoms with Gasteiger partial charge in [0.2, 0.25) is 0 Å². The van der Waals surface area contributed by atoms with Gasteiger partial charge in [-0.15, -0.1) is 0 Å². The Morgan fingerprint density at radius 3 is 2.70 bits per heavy atom. The molecule has 1 N–H and O–H groups in total. The van der Waals surface area contributed by atoms with Crippen LogP contribution in [0.3, 0.4) is 0 Å². The molecular weight excluding hydrogens is 300 g/mol. The van der Waals surface area contributed by atoms with Crippen molar-refractivity contribution >= 4 is 46.4 Å². The molecule has 0 bridgehead atoms. The number of amides is 1. The molecule has 1 aliphatic rings. The maximum Gasteiger partial charge on any atom is 0.256 e. The van der Waals surface area contributed by atoms with Crippen molar-refractivity contribution in [3.05, 3.63) is 63.4 Å². The fourth-order valence-corrected chi connectivity index (χ4v) is 2.45. The van der Waals surface area contributed by atoms with E-state index < -0.39 is 5.82 Å².